The second-order valence-electron chi connectivity index (χ2n) is 10.1. The van der Waals surface area contributed by atoms with E-state index in [1.54, 1.807) is 24.5 Å². The van der Waals surface area contributed by atoms with Gasteiger partial charge in [0.05, 0.1) is 29.2 Å². The monoisotopic (exact) mass is 568 g/mol. The summed E-state index contributed by atoms with van der Waals surface area (Å²) in [7, 11) is 0. The first-order valence-electron chi connectivity index (χ1n) is 13.6. The second-order valence-corrected chi connectivity index (χ2v) is 10.1. The van der Waals surface area contributed by atoms with Crippen LogP contribution in [0.25, 0.3) is 22.2 Å². The number of alkyl halides is 3. The highest BCUT2D eigenvalue weighted by Crippen LogP contribution is 2.32. The number of amides is 1. The molecule has 42 heavy (non-hydrogen) atoms. The minimum Gasteiger partial charge on any atom is -0.368 e. The van der Waals surface area contributed by atoms with Crippen LogP contribution in [0.1, 0.15) is 11.1 Å². The molecular weight excluding hydrogens is 541 g/mol. The fourth-order valence-corrected chi connectivity index (χ4v) is 5.16. The van der Waals surface area contributed by atoms with Crippen LogP contribution in [0.15, 0.2) is 97.5 Å². The van der Waals surface area contributed by atoms with Gasteiger partial charge in [-0.15, -0.1) is 0 Å². The van der Waals surface area contributed by atoms with Crippen molar-refractivity contribution in [3.8, 4) is 11.1 Å². The summed E-state index contributed by atoms with van der Waals surface area (Å²) in [6.45, 7) is 3.41. The maximum Gasteiger partial charge on any atom is 0.416 e. The van der Waals surface area contributed by atoms with Crippen LogP contribution in [-0.4, -0.2) is 47.0 Å². The van der Waals surface area contributed by atoms with Gasteiger partial charge in [-0.3, -0.25) is 14.8 Å². The van der Waals surface area contributed by atoms with Gasteiger partial charge in [0.25, 0.3) is 0 Å². The number of fused-ring (bicyclic) bond motifs is 1. The second kappa shape index (κ2) is 11.5. The van der Waals surface area contributed by atoms with Gasteiger partial charge in [0, 0.05) is 49.9 Å². The number of anilines is 3. The minimum atomic E-state index is -4.51. The highest BCUT2D eigenvalue weighted by atomic mass is 19.4. The van der Waals surface area contributed by atoms with Crippen LogP contribution in [-0.2, 0) is 17.4 Å². The quantitative estimate of drug-likeness (QED) is 0.262. The lowest BCUT2D eigenvalue weighted by Crippen LogP contribution is -2.46. The van der Waals surface area contributed by atoms with E-state index in [1.165, 1.54) is 18.2 Å². The zero-order valence-electron chi connectivity index (χ0n) is 22.6. The zero-order valence-corrected chi connectivity index (χ0v) is 22.6. The van der Waals surface area contributed by atoms with Crippen molar-refractivity contribution in [2.45, 2.75) is 12.6 Å². The molecule has 3 heterocycles. The number of benzene rings is 3. The molecule has 1 amide bonds. The highest BCUT2D eigenvalue weighted by Gasteiger charge is 2.33. The van der Waals surface area contributed by atoms with Crippen molar-refractivity contribution in [3.63, 3.8) is 0 Å². The zero-order chi connectivity index (χ0) is 29.1. The predicted molar refractivity (Wildman–Crippen MR) is 157 cm³/mol. The molecule has 2 aromatic heterocycles. The van der Waals surface area contributed by atoms with Gasteiger partial charge in [-0.25, -0.2) is 4.98 Å². The van der Waals surface area contributed by atoms with E-state index >= 15 is 0 Å². The summed E-state index contributed by atoms with van der Waals surface area (Å²) in [4.78, 5) is 30.7. The number of aromatic nitrogens is 3. The molecule has 1 N–H and O–H groups in total. The molecule has 5 aromatic rings. The van der Waals surface area contributed by atoms with Gasteiger partial charge < -0.3 is 15.1 Å². The summed E-state index contributed by atoms with van der Waals surface area (Å²) < 4.78 is 39.8. The Bertz CT molecular complexity index is 1700. The Labute approximate surface area is 240 Å². The van der Waals surface area contributed by atoms with Gasteiger partial charge in [-0.05, 0) is 59.2 Å². The molecule has 1 aliphatic rings. The Morgan fingerprint density at radius 3 is 2.24 bits per heavy atom. The largest absolute Gasteiger partial charge is 0.416 e. The Morgan fingerprint density at radius 2 is 1.50 bits per heavy atom. The van der Waals surface area contributed by atoms with Gasteiger partial charge in [0.1, 0.15) is 5.82 Å². The molecule has 212 valence electrons. The van der Waals surface area contributed by atoms with E-state index in [9.17, 15) is 18.0 Å². The standard InChI is InChI=1S/C32H27F3N6O/c33-32(34,35)27-4-2-1-3-24(27)20-31(42)38-25-8-5-22(6-9-25)23-7-10-28-29(19-23)39-30(21-37-28)41-17-15-40(16-18-41)26-11-13-36-14-12-26/h1-14,19,21H,15-18,20H2,(H,38,42). The SMILES string of the molecule is O=C(Cc1ccccc1C(F)(F)F)Nc1ccc(-c2ccc3ncc(N4CCN(c5ccncc5)CC4)nc3c2)cc1. The van der Waals surface area contributed by atoms with Crippen molar-refractivity contribution in [2.24, 2.45) is 0 Å². The van der Waals surface area contributed by atoms with E-state index in [4.69, 9.17) is 4.98 Å². The lowest BCUT2D eigenvalue weighted by Gasteiger charge is -2.36. The van der Waals surface area contributed by atoms with E-state index in [0.29, 0.717) is 5.69 Å². The average Bonchev–Trinajstić information content (AvgIpc) is 3.01. The third-order valence-corrected chi connectivity index (χ3v) is 7.34. The summed E-state index contributed by atoms with van der Waals surface area (Å²) >= 11 is 0. The number of rotatable bonds is 6. The molecule has 0 saturated carbocycles. The number of nitrogens with one attached hydrogen (secondary N) is 1. The molecule has 0 bridgehead atoms. The highest BCUT2D eigenvalue weighted by molar-refractivity contribution is 5.93. The minimum absolute atomic E-state index is 0.0635. The van der Waals surface area contributed by atoms with Crippen LogP contribution in [0.4, 0.5) is 30.4 Å². The van der Waals surface area contributed by atoms with Crippen molar-refractivity contribution in [1.29, 1.82) is 0 Å². The first-order valence-corrected chi connectivity index (χ1v) is 13.6. The fraction of sp³-hybridized carbons (Fsp3) is 0.188. The average molecular weight is 569 g/mol. The van der Waals surface area contributed by atoms with Crippen molar-refractivity contribution in [3.05, 3.63) is 109 Å². The lowest BCUT2D eigenvalue weighted by molar-refractivity contribution is -0.138. The van der Waals surface area contributed by atoms with Crippen molar-refractivity contribution < 1.29 is 18.0 Å². The molecule has 1 aliphatic heterocycles. The maximum atomic E-state index is 13.3. The van der Waals surface area contributed by atoms with Crippen LogP contribution in [0.3, 0.4) is 0 Å². The number of nitrogens with zero attached hydrogens (tertiary/aromatic N) is 5. The van der Waals surface area contributed by atoms with Crippen LogP contribution < -0.4 is 15.1 Å². The smallest absolute Gasteiger partial charge is 0.368 e. The van der Waals surface area contributed by atoms with Gasteiger partial charge in [0.15, 0.2) is 0 Å². The number of piperazine rings is 1. The van der Waals surface area contributed by atoms with E-state index in [-0.39, 0.29) is 12.0 Å². The molecule has 0 atom stereocenters. The normalized spacial score (nSPS) is 13.8. The molecular formula is C32H27F3N6O. The molecule has 3 aromatic carbocycles. The molecule has 1 saturated heterocycles. The number of hydrogen-bond donors (Lipinski definition) is 1. The van der Waals surface area contributed by atoms with E-state index in [1.807, 2.05) is 48.7 Å². The Balaban J connectivity index is 1.12. The van der Waals surface area contributed by atoms with Crippen molar-refractivity contribution >= 4 is 34.1 Å². The van der Waals surface area contributed by atoms with Crippen LogP contribution in [0.2, 0.25) is 0 Å². The van der Waals surface area contributed by atoms with Gasteiger partial charge >= 0.3 is 6.18 Å². The lowest BCUT2D eigenvalue weighted by atomic mass is 10.0. The van der Waals surface area contributed by atoms with Gasteiger partial charge in [0.2, 0.25) is 5.91 Å². The molecule has 0 spiro atoms. The van der Waals surface area contributed by atoms with Crippen LogP contribution in [0, 0.1) is 0 Å². The van der Waals surface area contributed by atoms with Crippen LogP contribution >= 0.6 is 0 Å². The van der Waals surface area contributed by atoms with E-state index in [2.05, 4.69) is 25.1 Å². The third kappa shape index (κ3) is 6.02. The molecule has 1 fully saturated rings. The van der Waals surface area contributed by atoms with Gasteiger partial charge in [-0.2, -0.15) is 13.2 Å². The summed E-state index contributed by atoms with van der Waals surface area (Å²) in [6.07, 6.45) is 0.537. The Morgan fingerprint density at radius 1 is 0.810 bits per heavy atom. The molecule has 7 nitrogen and oxygen atoms in total. The number of carbonyl (C=O) groups is 1. The summed E-state index contributed by atoms with van der Waals surface area (Å²) in [5.41, 5.74) is 4.22. The number of carbonyl (C=O) groups excluding carboxylic acids is 1. The van der Waals surface area contributed by atoms with Gasteiger partial charge in [-0.1, -0.05) is 36.4 Å². The number of halogens is 3. The predicted octanol–water partition coefficient (Wildman–Crippen LogP) is 6.22. The fourth-order valence-electron chi connectivity index (χ4n) is 5.16. The molecule has 0 radical (unpaired) electrons. The van der Waals surface area contributed by atoms with Crippen molar-refractivity contribution in [1.82, 2.24) is 15.0 Å². The molecule has 0 aliphatic carbocycles. The Hall–Kier alpha value is -4.99. The van der Waals surface area contributed by atoms with E-state index in [0.717, 1.165) is 65.9 Å². The molecule has 0 unspecified atom stereocenters. The molecule has 6 rings (SSSR count). The molecule has 10 heteroatoms. The van der Waals surface area contributed by atoms with Crippen LogP contribution in [0.5, 0.6) is 0 Å². The summed E-state index contributed by atoms with van der Waals surface area (Å²) in [5, 5.41) is 2.69. The number of pyridine rings is 1. The summed E-state index contributed by atoms with van der Waals surface area (Å²) in [6, 6.07) is 22.2. The summed E-state index contributed by atoms with van der Waals surface area (Å²) in [5.74, 6) is 0.314. The first-order chi connectivity index (χ1) is 20.3. The van der Waals surface area contributed by atoms with E-state index < -0.39 is 17.6 Å². The number of hydrogen-bond acceptors (Lipinski definition) is 6. The first kappa shape index (κ1) is 27.2. The Kier molecular flexibility index (Phi) is 7.43. The maximum absolute atomic E-state index is 13.3. The topological polar surface area (TPSA) is 74.2 Å². The third-order valence-electron chi connectivity index (χ3n) is 7.34. The van der Waals surface area contributed by atoms with Crippen molar-refractivity contribution in [2.75, 3.05) is 41.3 Å².